The van der Waals surface area contributed by atoms with Crippen LogP contribution in [0.4, 0.5) is 0 Å². The summed E-state index contributed by atoms with van der Waals surface area (Å²) in [4.78, 5) is 12.6. The highest BCUT2D eigenvalue weighted by Gasteiger charge is 2.71. The topological polar surface area (TPSA) is 60.4 Å². The average Bonchev–Trinajstić information content (AvgIpc) is 3.17. The van der Waals surface area contributed by atoms with Crippen molar-refractivity contribution in [3.05, 3.63) is 29.8 Å². The lowest BCUT2D eigenvalue weighted by molar-refractivity contribution is -0.128. The Kier molecular flexibility index (Phi) is 3.73. The molecule has 0 N–H and O–H groups in total. The van der Waals surface area contributed by atoms with Crippen LogP contribution in [0.3, 0.4) is 0 Å². The molecule has 1 aromatic rings. The van der Waals surface area contributed by atoms with E-state index in [4.69, 9.17) is 4.18 Å². The number of carbonyl (C=O) groups is 1. The van der Waals surface area contributed by atoms with Gasteiger partial charge >= 0.3 is 0 Å². The lowest BCUT2D eigenvalue weighted by Crippen LogP contribution is -2.32. The van der Waals surface area contributed by atoms with Crippen LogP contribution in [-0.4, -0.2) is 20.8 Å². The fraction of sp³-hybridized carbons (Fsp3) is 0.611. The molecular formula is C18H24O4S. The summed E-state index contributed by atoms with van der Waals surface area (Å²) >= 11 is 0. The number of hydrogen-bond donors (Lipinski definition) is 0. The minimum absolute atomic E-state index is 0.0544. The van der Waals surface area contributed by atoms with Gasteiger partial charge in [-0.2, -0.15) is 8.42 Å². The highest BCUT2D eigenvalue weighted by atomic mass is 32.2. The fourth-order valence-electron chi connectivity index (χ4n) is 4.07. The number of benzene rings is 1. The van der Waals surface area contributed by atoms with Gasteiger partial charge in [0.2, 0.25) is 0 Å². The predicted molar refractivity (Wildman–Crippen MR) is 87.4 cm³/mol. The molecule has 4 nitrogen and oxygen atoms in total. The number of aryl methyl sites for hydroxylation is 1. The van der Waals surface area contributed by atoms with E-state index < -0.39 is 15.5 Å². The Morgan fingerprint density at radius 3 is 2.39 bits per heavy atom. The maximum atomic E-state index is 12.5. The van der Waals surface area contributed by atoms with Crippen molar-refractivity contribution in [2.45, 2.75) is 45.4 Å². The highest BCUT2D eigenvalue weighted by molar-refractivity contribution is 7.86. The van der Waals surface area contributed by atoms with Crippen molar-refractivity contribution in [3.8, 4) is 0 Å². The third-order valence-corrected chi connectivity index (χ3v) is 7.26. The van der Waals surface area contributed by atoms with E-state index in [1.165, 1.54) is 0 Å². The smallest absolute Gasteiger partial charge is 0.297 e. The van der Waals surface area contributed by atoms with Gasteiger partial charge in [-0.15, -0.1) is 0 Å². The van der Waals surface area contributed by atoms with Crippen molar-refractivity contribution >= 4 is 15.9 Å². The van der Waals surface area contributed by atoms with Crippen LogP contribution in [0.25, 0.3) is 0 Å². The van der Waals surface area contributed by atoms with Gasteiger partial charge in [-0.1, -0.05) is 38.5 Å². The third-order valence-electron chi connectivity index (χ3n) is 5.99. The maximum Gasteiger partial charge on any atom is 0.297 e. The quantitative estimate of drug-likeness (QED) is 0.774. The van der Waals surface area contributed by atoms with Gasteiger partial charge in [0.15, 0.2) is 0 Å². The summed E-state index contributed by atoms with van der Waals surface area (Å²) in [5, 5.41) is 0. The van der Waals surface area contributed by atoms with Crippen LogP contribution in [-0.2, 0) is 19.1 Å². The first-order chi connectivity index (χ1) is 10.6. The van der Waals surface area contributed by atoms with Crippen molar-refractivity contribution < 1.29 is 17.4 Å². The molecule has 0 aromatic heterocycles. The minimum atomic E-state index is -3.82. The van der Waals surface area contributed by atoms with Gasteiger partial charge < -0.3 is 0 Å². The largest absolute Gasteiger partial charge is 0.299 e. The predicted octanol–water partition coefficient (Wildman–Crippen LogP) is 3.34. The molecule has 0 heterocycles. The van der Waals surface area contributed by atoms with E-state index in [-0.39, 0.29) is 28.6 Å². The van der Waals surface area contributed by atoms with Crippen LogP contribution in [0.5, 0.6) is 0 Å². The highest BCUT2D eigenvalue weighted by Crippen LogP contribution is 2.72. The molecule has 1 aromatic carbocycles. The number of Topliss-reactive ketones (excluding diaryl/α,β-unsaturated/α-hetero) is 1. The molecule has 0 amide bonds. The summed E-state index contributed by atoms with van der Waals surface area (Å²) in [6.07, 6.45) is 1.56. The number of hydrogen-bond acceptors (Lipinski definition) is 4. The standard InChI is InChI=1S/C18H24O4S/c1-12(2)18-9-15(18)17(4,16(19)10-18)11-22-23(20,21)14-7-5-13(3)6-8-14/h5-8,12,15H,9-11H2,1-4H3/t15-,17-,18+/m0/s1. The van der Waals surface area contributed by atoms with E-state index in [0.717, 1.165) is 12.0 Å². The molecule has 0 radical (unpaired) electrons. The molecule has 0 spiro atoms. The maximum absolute atomic E-state index is 12.5. The molecule has 3 rings (SSSR count). The Labute approximate surface area is 138 Å². The zero-order valence-electron chi connectivity index (χ0n) is 14.1. The molecule has 2 saturated carbocycles. The first-order valence-electron chi connectivity index (χ1n) is 8.11. The first-order valence-corrected chi connectivity index (χ1v) is 9.52. The summed E-state index contributed by atoms with van der Waals surface area (Å²) in [6.45, 7) is 7.99. The second kappa shape index (κ2) is 5.15. The van der Waals surface area contributed by atoms with E-state index in [2.05, 4.69) is 13.8 Å². The van der Waals surface area contributed by atoms with Crippen LogP contribution in [0.1, 0.15) is 39.2 Å². The minimum Gasteiger partial charge on any atom is -0.299 e. The van der Waals surface area contributed by atoms with Crippen LogP contribution < -0.4 is 0 Å². The summed E-state index contributed by atoms with van der Waals surface area (Å²) < 4.78 is 30.0. The van der Waals surface area contributed by atoms with Gasteiger partial charge in [0.25, 0.3) is 10.1 Å². The number of rotatable bonds is 5. The number of fused-ring (bicyclic) bond motifs is 1. The zero-order chi connectivity index (χ0) is 17.0. The third kappa shape index (κ3) is 2.54. The Hall–Kier alpha value is -1.20. The Morgan fingerprint density at radius 2 is 1.87 bits per heavy atom. The summed E-state index contributed by atoms with van der Waals surface area (Å²) in [5.74, 6) is 0.823. The van der Waals surface area contributed by atoms with Crippen LogP contribution in [0.15, 0.2) is 29.2 Å². The van der Waals surface area contributed by atoms with E-state index in [1.54, 1.807) is 24.3 Å². The number of ketones is 1. The van der Waals surface area contributed by atoms with Gasteiger partial charge in [-0.05, 0) is 42.7 Å². The first kappa shape index (κ1) is 16.7. The fourth-order valence-corrected chi connectivity index (χ4v) is 5.07. The van der Waals surface area contributed by atoms with Crippen molar-refractivity contribution in [2.75, 3.05) is 6.61 Å². The van der Waals surface area contributed by atoms with Gasteiger partial charge in [-0.25, -0.2) is 0 Å². The average molecular weight is 336 g/mol. The van der Waals surface area contributed by atoms with E-state index in [9.17, 15) is 13.2 Å². The van der Waals surface area contributed by atoms with Crippen molar-refractivity contribution in [1.29, 1.82) is 0 Å². The van der Waals surface area contributed by atoms with Crippen molar-refractivity contribution in [2.24, 2.45) is 22.7 Å². The molecule has 126 valence electrons. The van der Waals surface area contributed by atoms with Gasteiger partial charge in [-0.3, -0.25) is 8.98 Å². The molecule has 23 heavy (non-hydrogen) atoms. The Morgan fingerprint density at radius 1 is 1.26 bits per heavy atom. The monoisotopic (exact) mass is 336 g/mol. The number of carbonyl (C=O) groups excluding carboxylic acids is 1. The molecule has 2 aliphatic rings. The van der Waals surface area contributed by atoms with Crippen LogP contribution >= 0.6 is 0 Å². The van der Waals surface area contributed by atoms with Crippen molar-refractivity contribution in [1.82, 2.24) is 0 Å². The van der Waals surface area contributed by atoms with Crippen molar-refractivity contribution in [3.63, 3.8) is 0 Å². The van der Waals surface area contributed by atoms with E-state index in [0.29, 0.717) is 12.3 Å². The molecule has 5 heteroatoms. The molecule has 0 bridgehead atoms. The molecule has 0 saturated heterocycles. The molecule has 2 fully saturated rings. The lowest BCUT2D eigenvalue weighted by Gasteiger charge is -2.23. The van der Waals surface area contributed by atoms with Crippen LogP contribution in [0, 0.1) is 29.6 Å². The van der Waals surface area contributed by atoms with Gasteiger partial charge in [0, 0.05) is 6.42 Å². The van der Waals surface area contributed by atoms with Gasteiger partial charge in [0.1, 0.15) is 5.78 Å². The molecule has 0 unspecified atom stereocenters. The second-order valence-corrected chi connectivity index (χ2v) is 9.31. The summed E-state index contributed by atoms with van der Waals surface area (Å²) in [6, 6.07) is 6.56. The molecule has 2 aliphatic carbocycles. The molecular weight excluding hydrogens is 312 g/mol. The van der Waals surface area contributed by atoms with E-state index in [1.807, 2.05) is 13.8 Å². The Balaban J connectivity index is 1.76. The molecule has 0 aliphatic heterocycles. The van der Waals surface area contributed by atoms with Gasteiger partial charge in [0.05, 0.1) is 16.9 Å². The zero-order valence-corrected chi connectivity index (χ0v) is 14.9. The Bertz CT molecular complexity index is 735. The summed E-state index contributed by atoms with van der Waals surface area (Å²) in [7, 11) is -3.82. The normalized spacial score (nSPS) is 33.1. The lowest BCUT2D eigenvalue weighted by atomic mass is 9.84. The van der Waals surface area contributed by atoms with E-state index >= 15 is 0 Å². The van der Waals surface area contributed by atoms with Crippen LogP contribution in [0.2, 0.25) is 0 Å². The second-order valence-electron chi connectivity index (χ2n) is 7.69. The molecule has 3 atom stereocenters. The SMILES string of the molecule is Cc1ccc(S(=O)(=O)OC[C@]2(C)C(=O)C[C@@]3(C(C)C)C[C@H]32)cc1. The summed E-state index contributed by atoms with van der Waals surface area (Å²) in [5.41, 5.74) is 0.381.